The van der Waals surface area contributed by atoms with Gasteiger partial charge >= 0.3 is 0 Å². The van der Waals surface area contributed by atoms with E-state index in [4.69, 9.17) is 0 Å². The molecule has 0 aromatic heterocycles. The minimum atomic E-state index is -0.521. The Bertz CT molecular complexity index is 1010. The van der Waals surface area contributed by atoms with Crippen LogP contribution >= 0.6 is 0 Å². The number of anilines is 1. The van der Waals surface area contributed by atoms with Crippen LogP contribution in [0.4, 0.5) is 11.4 Å². The van der Waals surface area contributed by atoms with Crippen molar-refractivity contribution in [3.05, 3.63) is 69.3 Å². The molecule has 3 rings (SSSR count). The van der Waals surface area contributed by atoms with E-state index < -0.39 is 11.0 Å². The van der Waals surface area contributed by atoms with Crippen LogP contribution < -0.4 is 10.2 Å². The zero-order valence-corrected chi connectivity index (χ0v) is 18.8. The van der Waals surface area contributed by atoms with Crippen LogP contribution in [0.15, 0.2) is 42.5 Å². The van der Waals surface area contributed by atoms with Crippen LogP contribution in [0.1, 0.15) is 41.3 Å². The van der Waals surface area contributed by atoms with E-state index in [2.05, 4.69) is 42.3 Å². The minimum Gasteiger partial charge on any atom is -0.370 e. The highest BCUT2D eigenvalue weighted by Crippen LogP contribution is 2.24. The average Bonchev–Trinajstić information content (AvgIpc) is 3.25. The monoisotopic (exact) mass is 438 g/mol. The van der Waals surface area contributed by atoms with E-state index in [9.17, 15) is 19.7 Å². The standard InChI is InChI=1S/C24H30N4O4/c1-4-26(20-8-5-7-17(2)15-20)14-12-25-23(29)22-9-6-13-27(22)24(30)19-10-11-21(28(31)32)18(3)16-19/h5,7-8,10-11,15-16,22H,4,6,9,12-14H2,1-3H3,(H,25,29). The van der Waals surface area contributed by atoms with E-state index in [0.717, 1.165) is 18.7 Å². The molecule has 170 valence electrons. The lowest BCUT2D eigenvalue weighted by atomic mass is 10.1. The van der Waals surface area contributed by atoms with Crippen molar-refractivity contribution < 1.29 is 14.5 Å². The number of hydrogen-bond donors (Lipinski definition) is 1. The average molecular weight is 439 g/mol. The lowest BCUT2D eigenvalue weighted by Gasteiger charge is -2.26. The molecule has 0 aliphatic carbocycles. The second-order valence-electron chi connectivity index (χ2n) is 8.12. The number of nitrogens with one attached hydrogen (secondary N) is 1. The van der Waals surface area contributed by atoms with Gasteiger partial charge in [0.15, 0.2) is 0 Å². The SMILES string of the molecule is CCN(CCNC(=O)C1CCCN1C(=O)c1ccc([N+](=O)[O-])c(C)c1)c1cccc(C)c1. The minimum absolute atomic E-state index is 0.0219. The predicted octanol–water partition coefficient (Wildman–Crippen LogP) is 3.46. The summed E-state index contributed by atoms with van der Waals surface area (Å²) >= 11 is 0. The largest absolute Gasteiger partial charge is 0.370 e. The van der Waals surface area contributed by atoms with Gasteiger partial charge in [-0.3, -0.25) is 19.7 Å². The molecule has 1 unspecified atom stereocenters. The molecular formula is C24H30N4O4. The van der Waals surface area contributed by atoms with E-state index in [1.54, 1.807) is 11.8 Å². The van der Waals surface area contributed by atoms with Crippen LogP contribution in [0.3, 0.4) is 0 Å². The van der Waals surface area contributed by atoms with E-state index in [1.165, 1.54) is 23.8 Å². The molecular weight excluding hydrogens is 408 g/mol. The molecule has 0 radical (unpaired) electrons. The highest BCUT2D eigenvalue weighted by molar-refractivity contribution is 5.98. The van der Waals surface area contributed by atoms with Crippen LogP contribution in [0.25, 0.3) is 0 Å². The number of rotatable bonds is 8. The number of amides is 2. The first-order chi connectivity index (χ1) is 15.3. The summed E-state index contributed by atoms with van der Waals surface area (Å²) in [7, 11) is 0. The van der Waals surface area contributed by atoms with Crippen LogP contribution in [0.2, 0.25) is 0 Å². The first-order valence-corrected chi connectivity index (χ1v) is 11.0. The molecule has 2 aromatic rings. The van der Waals surface area contributed by atoms with Gasteiger partial charge in [-0.2, -0.15) is 0 Å². The third-order valence-corrected chi connectivity index (χ3v) is 5.89. The Labute approximate surface area is 188 Å². The summed E-state index contributed by atoms with van der Waals surface area (Å²) < 4.78 is 0. The van der Waals surface area contributed by atoms with Crippen molar-refractivity contribution in [2.24, 2.45) is 0 Å². The fourth-order valence-electron chi connectivity index (χ4n) is 4.17. The van der Waals surface area contributed by atoms with Gasteiger partial charge in [-0.05, 0) is 63.4 Å². The van der Waals surface area contributed by atoms with Gasteiger partial charge < -0.3 is 15.1 Å². The summed E-state index contributed by atoms with van der Waals surface area (Å²) in [5, 5.41) is 14.0. The molecule has 1 saturated heterocycles. The molecule has 1 aliphatic heterocycles. The number of carbonyl (C=O) groups excluding carboxylic acids is 2. The van der Waals surface area contributed by atoms with Gasteiger partial charge in [0.05, 0.1) is 4.92 Å². The summed E-state index contributed by atoms with van der Waals surface area (Å²) in [6, 6.07) is 12.1. The Morgan fingerprint density at radius 3 is 2.66 bits per heavy atom. The maximum Gasteiger partial charge on any atom is 0.272 e. The summed E-state index contributed by atoms with van der Waals surface area (Å²) in [5.41, 5.74) is 3.08. The second kappa shape index (κ2) is 10.3. The number of likely N-dealkylation sites (tertiary alicyclic amines) is 1. The molecule has 2 amide bonds. The summed E-state index contributed by atoms with van der Waals surface area (Å²) in [6.07, 6.45) is 1.36. The molecule has 0 saturated carbocycles. The molecule has 0 bridgehead atoms. The van der Waals surface area contributed by atoms with Gasteiger partial charge in [0.2, 0.25) is 5.91 Å². The topological polar surface area (TPSA) is 95.8 Å². The Morgan fingerprint density at radius 1 is 1.22 bits per heavy atom. The van der Waals surface area contributed by atoms with Crippen LogP contribution in [0.5, 0.6) is 0 Å². The van der Waals surface area contributed by atoms with Crippen molar-refractivity contribution in [1.82, 2.24) is 10.2 Å². The van der Waals surface area contributed by atoms with Gasteiger partial charge in [0.1, 0.15) is 6.04 Å². The third-order valence-electron chi connectivity index (χ3n) is 5.89. The maximum atomic E-state index is 13.0. The first-order valence-electron chi connectivity index (χ1n) is 11.0. The van der Waals surface area contributed by atoms with E-state index >= 15 is 0 Å². The highest BCUT2D eigenvalue weighted by atomic mass is 16.6. The number of nitro benzene ring substituents is 1. The van der Waals surface area contributed by atoms with Gasteiger partial charge in [0, 0.05) is 49.1 Å². The number of hydrogen-bond acceptors (Lipinski definition) is 5. The zero-order chi connectivity index (χ0) is 23.3. The maximum absolute atomic E-state index is 13.0. The molecule has 2 aromatic carbocycles. The number of likely N-dealkylation sites (N-methyl/N-ethyl adjacent to an activating group) is 1. The highest BCUT2D eigenvalue weighted by Gasteiger charge is 2.34. The third kappa shape index (κ3) is 5.25. The van der Waals surface area contributed by atoms with Crippen LogP contribution in [-0.2, 0) is 4.79 Å². The van der Waals surface area contributed by atoms with Crippen molar-refractivity contribution >= 4 is 23.2 Å². The molecule has 8 nitrogen and oxygen atoms in total. The quantitative estimate of drug-likeness (QED) is 0.503. The number of aryl methyl sites for hydroxylation is 2. The fraction of sp³-hybridized carbons (Fsp3) is 0.417. The van der Waals surface area contributed by atoms with Gasteiger partial charge in [-0.1, -0.05) is 12.1 Å². The van der Waals surface area contributed by atoms with Crippen molar-refractivity contribution in [3.63, 3.8) is 0 Å². The number of benzene rings is 2. The number of carbonyl (C=O) groups is 2. The summed E-state index contributed by atoms with van der Waals surface area (Å²) in [5.74, 6) is -0.426. The van der Waals surface area contributed by atoms with E-state index in [-0.39, 0.29) is 17.5 Å². The predicted molar refractivity (Wildman–Crippen MR) is 124 cm³/mol. The molecule has 1 aliphatic rings. The first kappa shape index (κ1) is 23.2. The van der Waals surface area contributed by atoms with Crippen LogP contribution in [0, 0.1) is 24.0 Å². The van der Waals surface area contributed by atoms with Crippen molar-refractivity contribution in [2.75, 3.05) is 31.1 Å². The van der Waals surface area contributed by atoms with Crippen molar-refractivity contribution in [1.29, 1.82) is 0 Å². The molecule has 1 heterocycles. The molecule has 32 heavy (non-hydrogen) atoms. The van der Waals surface area contributed by atoms with E-state index in [0.29, 0.717) is 37.2 Å². The summed E-state index contributed by atoms with van der Waals surface area (Å²) in [4.78, 5) is 40.2. The number of nitro groups is 1. The molecule has 0 spiro atoms. The Hall–Kier alpha value is -3.42. The van der Waals surface area contributed by atoms with E-state index in [1.807, 2.05) is 6.07 Å². The van der Waals surface area contributed by atoms with Gasteiger partial charge in [0.25, 0.3) is 11.6 Å². The summed E-state index contributed by atoms with van der Waals surface area (Å²) in [6.45, 7) is 8.22. The zero-order valence-electron chi connectivity index (χ0n) is 18.8. The Kier molecular flexibility index (Phi) is 7.45. The molecule has 8 heteroatoms. The lowest BCUT2D eigenvalue weighted by molar-refractivity contribution is -0.385. The molecule has 1 fully saturated rings. The normalized spacial score (nSPS) is 15.5. The lowest BCUT2D eigenvalue weighted by Crippen LogP contribution is -2.47. The smallest absolute Gasteiger partial charge is 0.272 e. The van der Waals surface area contributed by atoms with Crippen molar-refractivity contribution in [2.45, 2.75) is 39.7 Å². The van der Waals surface area contributed by atoms with Gasteiger partial charge in [-0.25, -0.2) is 0 Å². The second-order valence-corrected chi connectivity index (χ2v) is 8.12. The Morgan fingerprint density at radius 2 is 2.00 bits per heavy atom. The Balaban J connectivity index is 1.61. The molecule has 1 atom stereocenters. The van der Waals surface area contributed by atoms with Crippen molar-refractivity contribution in [3.8, 4) is 0 Å². The van der Waals surface area contributed by atoms with Crippen LogP contribution in [-0.4, -0.2) is 53.9 Å². The van der Waals surface area contributed by atoms with Gasteiger partial charge in [-0.15, -0.1) is 0 Å². The number of nitrogens with zero attached hydrogens (tertiary/aromatic N) is 3. The molecule has 1 N–H and O–H groups in total. The fourth-order valence-corrected chi connectivity index (χ4v) is 4.17.